The van der Waals surface area contributed by atoms with Gasteiger partial charge in [-0.15, -0.1) is 0 Å². The summed E-state index contributed by atoms with van der Waals surface area (Å²) in [6.45, 7) is 5.54. The van der Waals surface area contributed by atoms with Gasteiger partial charge in [0.2, 0.25) is 0 Å². The minimum absolute atomic E-state index is 0.129. The van der Waals surface area contributed by atoms with Crippen LogP contribution in [0.15, 0.2) is 24.3 Å². The third kappa shape index (κ3) is 3.99. The minimum atomic E-state index is -0.388. The number of likely N-dealkylation sites (tertiary alicyclic amines) is 1. The molecule has 0 amide bonds. The molecule has 1 aliphatic heterocycles. The molecule has 1 saturated heterocycles. The first-order chi connectivity index (χ1) is 13.1. The second-order valence-corrected chi connectivity index (χ2v) is 8.77. The van der Waals surface area contributed by atoms with Gasteiger partial charge in [-0.2, -0.15) is 0 Å². The Morgan fingerprint density at radius 2 is 2.11 bits per heavy atom. The lowest BCUT2D eigenvalue weighted by Crippen LogP contribution is -2.25. The Labute approximate surface area is 161 Å². The smallest absolute Gasteiger partial charge is 0.314 e. The molecule has 0 aromatic heterocycles. The van der Waals surface area contributed by atoms with Crippen LogP contribution < -0.4 is 0 Å². The third-order valence-corrected chi connectivity index (χ3v) is 6.71. The summed E-state index contributed by atoms with van der Waals surface area (Å²) in [7, 11) is 0. The zero-order valence-electron chi connectivity index (χ0n) is 16.1. The molecule has 3 atom stereocenters. The number of carbonyl (C=O) groups is 1. The van der Waals surface area contributed by atoms with Crippen molar-refractivity contribution >= 4 is 5.97 Å². The fourth-order valence-corrected chi connectivity index (χ4v) is 5.02. The van der Waals surface area contributed by atoms with Gasteiger partial charge in [0.1, 0.15) is 5.75 Å². The number of hydrogen-bond donors (Lipinski definition) is 1. The first-order valence-electron chi connectivity index (χ1n) is 10.2. The van der Waals surface area contributed by atoms with E-state index in [0.717, 1.165) is 51.2 Å². The zero-order chi connectivity index (χ0) is 18.9. The average Bonchev–Trinajstić information content (AvgIpc) is 3.02. The van der Waals surface area contributed by atoms with Crippen LogP contribution in [-0.2, 0) is 9.53 Å². The lowest BCUT2D eigenvalue weighted by Gasteiger charge is -2.22. The lowest BCUT2D eigenvalue weighted by atomic mass is 9.84. The number of carbonyl (C=O) groups excluding carboxylic acids is 1. The van der Waals surface area contributed by atoms with E-state index >= 15 is 0 Å². The maximum atomic E-state index is 12.8. The molecule has 4 heteroatoms. The van der Waals surface area contributed by atoms with E-state index in [9.17, 15) is 9.90 Å². The Morgan fingerprint density at radius 3 is 2.81 bits per heavy atom. The fourth-order valence-electron chi connectivity index (χ4n) is 5.02. The largest absolute Gasteiger partial charge is 0.508 e. The van der Waals surface area contributed by atoms with E-state index in [1.165, 1.54) is 6.42 Å². The third-order valence-electron chi connectivity index (χ3n) is 6.71. The molecule has 2 aliphatic carbocycles. The van der Waals surface area contributed by atoms with Crippen LogP contribution in [-0.4, -0.2) is 42.2 Å². The quantitative estimate of drug-likeness (QED) is 0.639. The number of hydrogen-bond acceptors (Lipinski definition) is 4. The van der Waals surface area contributed by atoms with Crippen LogP contribution in [0.1, 0.15) is 50.5 Å². The monoisotopic (exact) mass is 367 g/mol. The highest BCUT2D eigenvalue weighted by atomic mass is 16.5. The van der Waals surface area contributed by atoms with Gasteiger partial charge in [-0.3, -0.25) is 9.69 Å². The highest BCUT2D eigenvalue weighted by Gasteiger charge is 2.55. The second-order valence-electron chi connectivity index (χ2n) is 8.77. The highest BCUT2D eigenvalue weighted by Crippen LogP contribution is 2.57. The Bertz CT molecular complexity index is 758. The van der Waals surface area contributed by atoms with Crippen molar-refractivity contribution in [3.63, 3.8) is 0 Å². The van der Waals surface area contributed by atoms with E-state index in [1.807, 2.05) is 12.1 Å². The normalized spacial score (nSPS) is 28.3. The number of nitrogens with zero attached hydrogens (tertiary/aromatic N) is 1. The number of para-hydroxylation sites is 1. The predicted octanol–water partition coefficient (Wildman–Crippen LogP) is 3.55. The molecule has 0 spiro atoms. The van der Waals surface area contributed by atoms with Crippen LogP contribution in [0, 0.1) is 29.1 Å². The van der Waals surface area contributed by atoms with Crippen LogP contribution >= 0.6 is 0 Å². The summed E-state index contributed by atoms with van der Waals surface area (Å²) in [6.07, 6.45) is 5.65. The standard InChI is InChI=1S/C23H29NO3/c1-23-14-18(23)15-24(16-23)12-6-7-13-27-22(26)21(17-8-2-3-9-17)19-10-4-5-11-20(19)25/h4-5,10-11,17-18,21,25H,2-3,8-9,12-16H2,1H3/t18-,21?,23+/m1/s1. The molecule has 1 N–H and O–H groups in total. The van der Waals surface area contributed by atoms with Crippen molar-refractivity contribution in [2.24, 2.45) is 17.3 Å². The van der Waals surface area contributed by atoms with Crippen molar-refractivity contribution in [1.29, 1.82) is 0 Å². The highest BCUT2D eigenvalue weighted by molar-refractivity contribution is 5.79. The molecule has 27 heavy (non-hydrogen) atoms. The van der Waals surface area contributed by atoms with Crippen molar-refractivity contribution < 1.29 is 14.6 Å². The summed E-state index contributed by atoms with van der Waals surface area (Å²) >= 11 is 0. The number of phenolic OH excluding ortho intramolecular Hbond substituents is 1. The van der Waals surface area contributed by atoms with Crippen LogP contribution in [0.25, 0.3) is 0 Å². The van der Waals surface area contributed by atoms with Crippen LogP contribution in [0.4, 0.5) is 0 Å². The van der Waals surface area contributed by atoms with Gasteiger partial charge >= 0.3 is 5.97 Å². The summed E-state index contributed by atoms with van der Waals surface area (Å²) in [5, 5.41) is 10.2. The van der Waals surface area contributed by atoms with E-state index < -0.39 is 0 Å². The van der Waals surface area contributed by atoms with Crippen molar-refractivity contribution in [3.05, 3.63) is 29.8 Å². The predicted molar refractivity (Wildman–Crippen MR) is 104 cm³/mol. The Morgan fingerprint density at radius 1 is 1.33 bits per heavy atom. The molecule has 4 rings (SSSR count). The molecule has 3 fully saturated rings. The molecular weight excluding hydrogens is 338 g/mol. The number of aromatic hydroxyl groups is 1. The summed E-state index contributed by atoms with van der Waals surface area (Å²) in [6, 6.07) is 7.13. The molecule has 0 bridgehead atoms. The van der Waals surface area contributed by atoms with E-state index in [-0.39, 0.29) is 30.2 Å². The Balaban J connectivity index is 1.32. The molecule has 1 aromatic rings. The summed E-state index contributed by atoms with van der Waals surface area (Å²) in [4.78, 5) is 15.2. The maximum Gasteiger partial charge on any atom is 0.314 e. The van der Waals surface area contributed by atoms with Gasteiger partial charge in [0, 0.05) is 18.7 Å². The second kappa shape index (κ2) is 7.56. The molecule has 4 nitrogen and oxygen atoms in total. The molecule has 144 valence electrons. The van der Waals surface area contributed by atoms with Gasteiger partial charge in [-0.25, -0.2) is 0 Å². The van der Waals surface area contributed by atoms with Crippen LogP contribution in [0.2, 0.25) is 0 Å². The van der Waals surface area contributed by atoms with Gasteiger partial charge in [0.25, 0.3) is 0 Å². The van der Waals surface area contributed by atoms with Gasteiger partial charge in [-0.05, 0) is 42.6 Å². The van der Waals surface area contributed by atoms with Crippen LogP contribution in [0.5, 0.6) is 5.75 Å². The molecule has 2 saturated carbocycles. The van der Waals surface area contributed by atoms with Gasteiger partial charge in [0.15, 0.2) is 6.61 Å². The number of piperidine rings is 1. The van der Waals surface area contributed by atoms with Crippen molar-refractivity contribution in [1.82, 2.24) is 4.90 Å². The molecular formula is C23H29NO3. The van der Waals surface area contributed by atoms with Gasteiger partial charge in [-0.1, -0.05) is 49.8 Å². The van der Waals surface area contributed by atoms with E-state index in [4.69, 9.17) is 4.74 Å². The molecule has 1 aromatic carbocycles. The summed E-state index contributed by atoms with van der Waals surface area (Å²) in [5.41, 5.74) is 1.23. The number of esters is 1. The molecule has 0 radical (unpaired) electrons. The number of benzene rings is 1. The maximum absolute atomic E-state index is 12.8. The first-order valence-corrected chi connectivity index (χ1v) is 10.2. The number of ether oxygens (including phenoxy) is 1. The number of phenols is 1. The first kappa shape index (κ1) is 18.4. The van der Waals surface area contributed by atoms with E-state index in [2.05, 4.69) is 23.7 Å². The van der Waals surface area contributed by atoms with Gasteiger partial charge in [0.05, 0.1) is 12.5 Å². The minimum Gasteiger partial charge on any atom is -0.508 e. The van der Waals surface area contributed by atoms with Crippen molar-refractivity contribution in [3.8, 4) is 17.6 Å². The van der Waals surface area contributed by atoms with Crippen LogP contribution in [0.3, 0.4) is 0 Å². The SMILES string of the molecule is C[C@@]12C[C@@H]1CN(CC#CCOC(=O)C(c1ccccc1O)C1CCCC1)C2. The number of fused-ring (bicyclic) bond motifs is 1. The average molecular weight is 367 g/mol. The molecule has 1 heterocycles. The molecule has 3 aliphatic rings. The number of rotatable bonds is 5. The van der Waals surface area contributed by atoms with E-state index in [1.54, 1.807) is 12.1 Å². The van der Waals surface area contributed by atoms with Crippen molar-refractivity contribution in [2.75, 3.05) is 26.2 Å². The topological polar surface area (TPSA) is 49.8 Å². The fraction of sp³-hybridized carbons (Fsp3) is 0.609. The van der Waals surface area contributed by atoms with Gasteiger partial charge < -0.3 is 9.84 Å². The Hall–Kier alpha value is -1.99. The molecule has 1 unspecified atom stereocenters. The lowest BCUT2D eigenvalue weighted by molar-refractivity contribution is -0.145. The van der Waals surface area contributed by atoms with E-state index in [0.29, 0.717) is 11.0 Å². The van der Waals surface area contributed by atoms with Crippen molar-refractivity contribution in [2.45, 2.75) is 44.9 Å². The summed E-state index contributed by atoms with van der Waals surface area (Å²) < 4.78 is 5.50. The summed E-state index contributed by atoms with van der Waals surface area (Å²) in [5.74, 6) is 6.79. The zero-order valence-corrected chi connectivity index (χ0v) is 16.1. The Kier molecular flexibility index (Phi) is 5.14.